The van der Waals surface area contributed by atoms with Crippen molar-refractivity contribution in [2.24, 2.45) is 0 Å². The number of carbonyl (C=O) groups is 1. The molecule has 0 spiro atoms. The molecule has 0 fully saturated rings. The van der Waals surface area contributed by atoms with E-state index in [0.717, 1.165) is 10.8 Å². The highest BCUT2D eigenvalue weighted by molar-refractivity contribution is 6.07. The number of rotatable bonds is 7. The van der Waals surface area contributed by atoms with Gasteiger partial charge in [0.05, 0.1) is 16.5 Å². The summed E-state index contributed by atoms with van der Waals surface area (Å²) in [6.45, 7) is 0.0639. The summed E-state index contributed by atoms with van der Waals surface area (Å²) in [6.07, 6.45) is 0.303. The minimum Gasteiger partial charge on any atom is -0.461 e. The van der Waals surface area contributed by atoms with Crippen LogP contribution in [0, 0.1) is 10.1 Å². The minimum absolute atomic E-state index is 0.0201. The number of nitro groups is 1. The summed E-state index contributed by atoms with van der Waals surface area (Å²) in [6, 6.07) is 16.4. The number of carbonyl (C=O) groups excluding carboxylic acids is 1. The summed E-state index contributed by atoms with van der Waals surface area (Å²) in [7, 11) is 0. The van der Waals surface area contributed by atoms with Gasteiger partial charge in [0.1, 0.15) is 12.2 Å². The molecule has 0 saturated carbocycles. The molecule has 0 aliphatic rings. The summed E-state index contributed by atoms with van der Waals surface area (Å²) in [4.78, 5) is 46.9. The first kappa shape index (κ1) is 22.1. The second-order valence-electron chi connectivity index (χ2n) is 7.94. The molecule has 0 aliphatic heterocycles. The van der Waals surface area contributed by atoms with Crippen molar-refractivity contribution in [3.63, 3.8) is 0 Å². The third-order valence-corrected chi connectivity index (χ3v) is 5.73. The van der Waals surface area contributed by atoms with E-state index in [1.54, 1.807) is 6.07 Å². The Balaban J connectivity index is 1.28. The van der Waals surface area contributed by atoms with Gasteiger partial charge in [-0.05, 0) is 29.3 Å². The third-order valence-electron chi connectivity index (χ3n) is 5.73. The minimum atomic E-state index is -0.664. The molecule has 0 bridgehead atoms. The first-order chi connectivity index (χ1) is 16.9. The van der Waals surface area contributed by atoms with E-state index in [9.17, 15) is 24.5 Å². The predicted molar refractivity (Wildman–Crippen MR) is 126 cm³/mol. The van der Waals surface area contributed by atoms with Crippen molar-refractivity contribution in [2.45, 2.75) is 26.0 Å². The predicted octanol–water partition coefficient (Wildman–Crippen LogP) is 4.29. The lowest BCUT2D eigenvalue weighted by Gasteiger charge is -2.10. The highest BCUT2D eigenvalue weighted by Gasteiger charge is 2.15. The van der Waals surface area contributed by atoms with Crippen LogP contribution in [0.4, 0.5) is 5.69 Å². The maximum Gasteiger partial charge on any atom is 0.419 e. The molecule has 176 valence electrons. The Morgan fingerprint density at radius 3 is 2.66 bits per heavy atom. The van der Waals surface area contributed by atoms with Crippen molar-refractivity contribution >= 4 is 44.5 Å². The lowest BCUT2D eigenvalue weighted by atomic mass is 10.0. The van der Waals surface area contributed by atoms with Crippen LogP contribution in [0.25, 0.3) is 32.8 Å². The van der Waals surface area contributed by atoms with Crippen LogP contribution < -0.4 is 11.4 Å². The number of fused-ring (bicyclic) bond motifs is 4. The van der Waals surface area contributed by atoms with Crippen LogP contribution >= 0.6 is 0 Å². The molecule has 0 unspecified atom stereocenters. The molecule has 35 heavy (non-hydrogen) atoms. The molecule has 10 heteroatoms. The van der Waals surface area contributed by atoms with Crippen LogP contribution in [-0.2, 0) is 22.7 Å². The highest BCUT2D eigenvalue weighted by Crippen LogP contribution is 2.28. The largest absolute Gasteiger partial charge is 0.461 e. The molecule has 0 N–H and O–H groups in total. The molecule has 0 amide bonds. The van der Waals surface area contributed by atoms with E-state index in [2.05, 4.69) is 0 Å². The van der Waals surface area contributed by atoms with Crippen LogP contribution in [0.15, 0.2) is 79.1 Å². The molecular weight excluding hydrogens is 456 g/mol. The van der Waals surface area contributed by atoms with Crippen LogP contribution in [0.2, 0.25) is 0 Å². The van der Waals surface area contributed by atoms with Gasteiger partial charge in [-0.2, -0.15) is 0 Å². The number of esters is 1. The van der Waals surface area contributed by atoms with Crippen molar-refractivity contribution in [2.75, 3.05) is 0 Å². The average Bonchev–Trinajstić information content (AvgIpc) is 3.16. The molecule has 0 aliphatic carbocycles. The summed E-state index contributed by atoms with van der Waals surface area (Å²) in [5, 5.41) is 13.5. The van der Waals surface area contributed by atoms with E-state index in [4.69, 9.17) is 13.6 Å². The maximum atomic E-state index is 12.4. The van der Waals surface area contributed by atoms with E-state index < -0.39 is 22.3 Å². The quantitative estimate of drug-likeness (QED) is 0.112. The van der Waals surface area contributed by atoms with Gasteiger partial charge < -0.3 is 13.6 Å². The number of ether oxygens (including phenoxy) is 1. The number of hydrogen-bond donors (Lipinski definition) is 0. The lowest BCUT2D eigenvalue weighted by molar-refractivity contribution is -0.384. The number of nitro benzene ring substituents is 1. The molecule has 3 aromatic carbocycles. The van der Waals surface area contributed by atoms with Crippen LogP contribution in [0.5, 0.6) is 0 Å². The number of oxazole rings is 1. The second-order valence-corrected chi connectivity index (χ2v) is 7.94. The summed E-state index contributed by atoms with van der Waals surface area (Å²) in [5.74, 6) is -1.16. The molecular formula is C25H18N2O8. The Bertz CT molecular complexity index is 1730. The van der Waals surface area contributed by atoms with Crippen molar-refractivity contribution in [1.29, 1.82) is 0 Å². The molecule has 2 heterocycles. The first-order valence-electron chi connectivity index (χ1n) is 10.8. The van der Waals surface area contributed by atoms with Gasteiger partial charge in [-0.25, -0.2) is 9.59 Å². The number of aryl methyl sites for hydroxylation is 1. The number of nitrogens with zero attached hydrogens (tertiary/aromatic N) is 2. The standard InChI is InChI=1S/C25H18N2O8/c28-22(6-3-11-26-19-9-8-17(27(31)32)13-21(19)35-25(26)30)33-14-16-12-23(29)34-20-10-7-15-4-1-2-5-18(15)24(16)20/h1-2,4-5,7-10,12-13H,3,6,11,14H2. The van der Waals surface area contributed by atoms with Crippen LogP contribution in [-0.4, -0.2) is 15.5 Å². The number of benzene rings is 3. The molecule has 5 rings (SSSR count). The van der Waals surface area contributed by atoms with Gasteiger partial charge in [0.2, 0.25) is 0 Å². The fourth-order valence-corrected chi connectivity index (χ4v) is 4.13. The van der Waals surface area contributed by atoms with Crippen molar-refractivity contribution in [3.8, 4) is 0 Å². The van der Waals surface area contributed by atoms with E-state index in [-0.39, 0.29) is 37.3 Å². The summed E-state index contributed by atoms with van der Waals surface area (Å²) in [5.41, 5.74) is 0.744. The second kappa shape index (κ2) is 8.90. The van der Waals surface area contributed by atoms with E-state index in [0.29, 0.717) is 22.0 Å². The number of aromatic nitrogens is 1. The molecule has 0 radical (unpaired) electrons. The van der Waals surface area contributed by atoms with Crippen LogP contribution in [0.3, 0.4) is 0 Å². The molecule has 5 aromatic rings. The highest BCUT2D eigenvalue weighted by atomic mass is 16.6. The van der Waals surface area contributed by atoms with Gasteiger partial charge >= 0.3 is 17.4 Å². The van der Waals surface area contributed by atoms with Gasteiger partial charge in [-0.15, -0.1) is 0 Å². The Hall–Kier alpha value is -4.73. The SMILES string of the molecule is O=C(CCCn1c(=O)oc2cc([N+](=O)[O-])ccc21)OCc1cc(=O)oc2ccc3ccccc3c12. The summed E-state index contributed by atoms with van der Waals surface area (Å²) < 4.78 is 17.1. The topological polar surface area (TPSA) is 135 Å². The zero-order valence-electron chi connectivity index (χ0n) is 18.3. The average molecular weight is 474 g/mol. The normalized spacial score (nSPS) is 11.3. The van der Waals surface area contributed by atoms with Crippen molar-refractivity contribution < 1.29 is 23.3 Å². The Morgan fingerprint density at radius 2 is 1.83 bits per heavy atom. The number of hydrogen-bond acceptors (Lipinski definition) is 8. The molecule has 0 saturated heterocycles. The van der Waals surface area contributed by atoms with Crippen LogP contribution in [0.1, 0.15) is 18.4 Å². The molecule has 2 aromatic heterocycles. The maximum absolute atomic E-state index is 12.4. The smallest absolute Gasteiger partial charge is 0.419 e. The van der Waals surface area contributed by atoms with Crippen molar-refractivity contribution in [1.82, 2.24) is 4.57 Å². The fourth-order valence-electron chi connectivity index (χ4n) is 4.13. The zero-order chi connectivity index (χ0) is 24.5. The van der Waals surface area contributed by atoms with Gasteiger partial charge in [0.25, 0.3) is 5.69 Å². The monoisotopic (exact) mass is 474 g/mol. The number of non-ortho nitro benzene ring substituents is 1. The Morgan fingerprint density at radius 1 is 1.00 bits per heavy atom. The lowest BCUT2D eigenvalue weighted by Crippen LogP contribution is -2.15. The van der Waals surface area contributed by atoms with Gasteiger partial charge in [-0.3, -0.25) is 19.5 Å². The first-order valence-corrected chi connectivity index (χ1v) is 10.8. The third kappa shape index (κ3) is 4.29. The van der Waals surface area contributed by atoms with Gasteiger partial charge in [0, 0.05) is 36.0 Å². The summed E-state index contributed by atoms with van der Waals surface area (Å²) >= 11 is 0. The molecule has 0 atom stereocenters. The Labute approximate surface area is 196 Å². The Kier molecular flexibility index (Phi) is 5.61. The van der Waals surface area contributed by atoms with Gasteiger partial charge in [0.15, 0.2) is 5.58 Å². The van der Waals surface area contributed by atoms with Gasteiger partial charge in [-0.1, -0.05) is 30.3 Å². The zero-order valence-corrected chi connectivity index (χ0v) is 18.3. The molecule has 10 nitrogen and oxygen atoms in total. The van der Waals surface area contributed by atoms with Crippen molar-refractivity contribution in [3.05, 3.63) is 97.3 Å². The van der Waals surface area contributed by atoms with E-state index in [1.165, 1.54) is 28.8 Å². The fraction of sp³-hybridized carbons (Fsp3) is 0.160. The van der Waals surface area contributed by atoms with E-state index in [1.807, 2.05) is 30.3 Å². The van der Waals surface area contributed by atoms with E-state index >= 15 is 0 Å².